The number of carbonyl (C=O) groups excluding carboxylic acids is 4. The zero-order chi connectivity index (χ0) is 41.0. The fourth-order valence-corrected chi connectivity index (χ4v) is 8.99. The summed E-state index contributed by atoms with van der Waals surface area (Å²) in [5.41, 5.74) is 13.5. The summed E-state index contributed by atoms with van der Waals surface area (Å²) in [5.74, 6) is 1.23. The lowest BCUT2D eigenvalue weighted by molar-refractivity contribution is -0.699. The number of hydrogen-bond donors (Lipinski definition) is 0. The van der Waals surface area contributed by atoms with Crippen LogP contribution in [0.4, 0.5) is 0 Å². The lowest BCUT2D eigenvalue weighted by atomic mass is 9.63. The number of carbonyl (C=O) groups is 4. The molecule has 0 aliphatic carbocycles. The minimum absolute atomic E-state index is 0.259. The Kier molecular flexibility index (Phi) is 10.7. The molecule has 0 radical (unpaired) electrons. The van der Waals surface area contributed by atoms with E-state index in [1.54, 1.807) is 24.3 Å². The number of hydrogen-bond acceptors (Lipinski definition) is 4. The standard InChI is InChI=1S/C46H55BN6O4/c1-11-35-22-28(3)36(23-27(35)2)26-53-32(7)31(6)50(34(53)9)19-13-21-52-44(55)40-17-15-38(25-42(40)46(52)57)47-37-14-16-39-41(24-37)45(56)51(43(39)54)20-12-18-49-30(5)29(4)48(10)33(49)8/h14-17,22-25,47H,11-13,18-21,26H2,1-10H3/q+2. The lowest BCUT2D eigenvalue weighted by Gasteiger charge is -2.13. The Labute approximate surface area is 337 Å². The molecule has 7 rings (SSSR count). The van der Waals surface area contributed by atoms with Gasteiger partial charge in [-0.1, -0.05) is 54.2 Å². The highest BCUT2D eigenvalue weighted by Crippen LogP contribution is 2.25. The van der Waals surface area contributed by atoms with E-state index in [0.29, 0.717) is 62.0 Å². The van der Waals surface area contributed by atoms with Crippen molar-refractivity contribution in [2.45, 2.75) is 101 Å². The van der Waals surface area contributed by atoms with Gasteiger partial charge in [-0.2, -0.15) is 0 Å². The third-order valence-corrected chi connectivity index (χ3v) is 12.9. The molecule has 4 amide bonds. The first kappa shape index (κ1) is 39.7. The molecule has 4 heterocycles. The van der Waals surface area contributed by atoms with E-state index in [-0.39, 0.29) is 23.6 Å². The van der Waals surface area contributed by atoms with Gasteiger partial charge in [0, 0.05) is 67.5 Å². The van der Waals surface area contributed by atoms with Gasteiger partial charge in [-0.25, -0.2) is 18.3 Å². The molecular formula is C46H55BN6O4+2. The van der Waals surface area contributed by atoms with Crippen molar-refractivity contribution in [1.82, 2.24) is 18.9 Å². The minimum atomic E-state index is -0.273. The number of aromatic nitrogens is 4. The van der Waals surface area contributed by atoms with Gasteiger partial charge in [0.1, 0.15) is 29.3 Å². The molecule has 10 nitrogen and oxygen atoms in total. The highest BCUT2D eigenvalue weighted by Gasteiger charge is 2.37. The third kappa shape index (κ3) is 6.95. The Morgan fingerprint density at radius 2 is 1.00 bits per heavy atom. The zero-order valence-electron chi connectivity index (χ0n) is 35.3. The molecule has 0 spiro atoms. The van der Waals surface area contributed by atoms with E-state index in [0.717, 1.165) is 42.1 Å². The van der Waals surface area contributed by atoms with Crippen molar-refractivity contribution in [2.75, 3.05) is 13.1 Å². The van der Waals surface area contributed by atoms with Crippen molar-refractivity contribution in [3.05, 3.63) is 127 Å². The lowest BCUT2D eigenvalue weighted by Crippen LogP contribution is -2.39. The fraction of sp³-hybridized carbons (Fsp3) is 0.391. The van der Waals surface area contributed by atoms with Gasteiger partial charge in [0.25, 0.3) is 35.3 Å². The smallest absolute Gasteiger partial charge is 0.261 e. The molecule has 0 fully saturated rings. The van der Waals surface area contributed by atoms with Gasteiger partial charge in [-0.3, -0.25) is 29.0 Å². The summed E-state index contributed by atoms with van der Waals surface area (Å²) < 4.78 is 9.05. The number of benzene rings is 3. The highest BCUT2D eigenvalue weighted by atomic mass is 16.2. The molecule has 0 bridgehead atoms. The average Bonchev–Trinajstić information content (AvgIpc) is 3.73. The summed E-state index contributed by atoms with van der Waals surface area (Å²) in [4.78, 5) is 56.6. The number of amides is 4. The van der Waals surface area contributed by atoms with Gasteiger partial charge in [0.15, 0.2) is 7.28 Å². The maximum atomic E-state index is 13.7. The van der Waals surface area contributed by atoms with Gasteiger partial charge >= 0.3 is 0 Å². The molecule has 0 atom stereocenters. The molecule has 5 aromatic rings. The number of nitrogens with zero attached hydrogens (tertiary/aromatic N) is 6. The third-order valence-electron chi connectivity index (χ3n) is 12.9. The molecule has 0 unspecified atom stereocenters. The molecule has 294 valence electrons. The number of rotatable bonds is 13. The van der Waals surface area contributed by atoms with Crippen LogP contribution in [0.2, 0.25) is 0 Å². The predicted octanol–water partition coefficient (Wildman–Crippen LogP) is 4.24. The van der Waals surface area contributed by atoms with Crippen LogP contribution in [0.15, 0.2) is 48.5 Å². The summed E-state index contributed by atoms with van der Waals surface area (Å²) in [6, 6.07) is 15.5. The summed E-state index contributed by atoms with van der Waals surface area (Å²) in [7, 11) is 2.50. The molecule has 2 aromatic heterocycles. The van der Waals surface area contributed by atoms with E-state index in [4.69, 9.17) is 0 Å². The Balaban J connectivity index is 0.980. The number of imide groups is 2. The van der Waals surface area contributed by atoms with Gasteiger partial charge in [-0.05, 0) is 54.7 Å². The normalized spacial score (nSPS) is 13.7. The van der Waals surface area contributed by atoms with Crippen LogP contribution in [0, 0.1) is 55.4 Å². The molecule has 0 N–H and O–H groups in total. The van der Waals surface area contributed by atoms with Crippen molar-refractivity contribution in [2.24, 2.45) is 7.05 Å². The largest absolute Gasteiger partial charge is 0.274 e. The second-order valence-corrected chi connectivity index (χ2v) is 16.1. The summed E-state index contributed by atoms with van der Waals surface area (Å²) in [5, 5.41) is 0. The van der Waals surface area contributed by atoms with Crippen molar-refractivity contribution in [1.29, 1.82) is 0 Å². The van der Waals surface area contributed by atoms with E-state index >= 15 is 0 Å². The number of fused-ring (bicyclic) bond motifs is 2. The van der Waals surface area contributed by atoms with Crippen LogP contribution in [0.5, 0.6) is 0 Å². The SMILES string of the molecule is CCc1cc(C)c(C[n+]2c(C)c(C)n(CCCN3C(=O)c4ccc(Bc5ccc6c(c5)C(=O)N(CCCn5c(C)c(C)[n+](C)c5C)C6=O)cc4C3=O)c2C)cc1C. The molecular weight excluding hydrogens is 711 g/mol. The van der Waals surface area contributed by atoms with Gasteiger partial charge in [0.2, 0.25) is 0 Å². The van der Waals surface area contributed by atoms with Crippen LogP contribution < -0.4 is 20.1 Å². The first-order valence-corrected chi connectivity index (χ1v) is 20.3. The van der Waals surface area contributed by atoms with Crippen molar-refractivity contribution < 1.29 is 28.3 Å². The van der Waals surface area contributed by atoms with E-state index in [1.165, 1.54) is 54.8 Å². The van der Waals surface area contributed by atoms with E-state index < -0.39 is 0 Å². The number of imidazole rings is 2. The molecule has 0 saturated heterocycles. The van der Waals surface area contributed by atoms with Gasteiger partial charge in [-0.15, -0.1) is 0 Å². The molecule has 2 aliphatic rings. The van der Waals surface area contributed by atoms with Crippen LogP contribution in [-0.2, 0) is 33.1 Å². The fourth-order valence-electron chi connectivity index (χ4n) is 8.99. The Morgan fingerprint density at radius 1 is 0.544 bits per heavy atom. The Bertz CT molecular complexity index is 2480. The first-order chi connectivity index (χ1) is 27.1. The summed E-state index contributed by atoms with van der Waals surface area (Å²) in [6.07, 6.45) is 2.33. The molecule has 11 heteroatoms. The van der Waals surface area contributed by atoms with Gasteiger partial charge < -0.3 is 0 Å². The van der Waals surface area contributed by atoms with Crippen LogP contribution in [0.3, 0.4) is 0 Å². The molecule has 0 saturated carbocycles. The van der Waals surface area contributed by atoms with E-state index in [1.807, 2.05) is 19.2 Å². The van der Waals surface area contributed by atoms with Gasteiger partial charge in [0.05, 0.1) is 42.4 Å². The molecule has 57 heavy (non-hydrogen) atoms. The Morgan fingerprint density at radius 3 is 1.49 bits per heavy atom. The second kappa shape index (κ2) is 15.4. The van der Waals surface area contributed by atoms with Crippen LogP contribution in [-0.4, -0.2) is 62.9 Å². The Hall–Kier alpha value is -5.58. The summed E-state index contributed by atoms with van der Waals surface area (Å²) >= 11 is 0. The number of aryl methyl sites for hydroxylation is 3. The van der Waals surface area contributed by atoms with Crippen molar-refractivity contribution >= 4 is 41.8 Å². The topological polar surface area (TPSA) is 92.4 Å². The van der Waals surface area contributed by atoms with E-state index in [2.05, 4.69) is 92.7 Å². The van der Waals surface area contributed by atoms with Crippen LogP contribution in [0.25, 0.3) is 0 Å². The van der Waals surface area contributed by atoms with Crippen LogP contribution in [0.1, 0.15) is 118 Å². The monoisotopic (exact) mass is 766 g/mol. The van der Waals surface area contributed by atoms with Crippen LogP contribution >= 0.6 is 0 Å². The molecule has 2 aliphatic heterocycles. The maximum absolute atomic E-state index is 13.7. The first-order valence-electron chi connectivity index (χ1n) is 20.3. The van der Waals surface area contributed by atoms with E-state index in [9.17, 15) is 19.2 Å². The second-order valence-electron chi connectivity index (χ2n) is 16.1. The molecule has 3 aromatic carbocycles. The minimum Gasteiger partial charge on any atom is -0.274 e. The highest BCUT2D eigenvalue weighted by molar-refractivity contribution is 6.67. The predicted molar refractivity (Wildman–Crippen MR) is 222 cm³/mol. The van der Waals surface area contributed by atoms with Crippen molar-refractivity contribution in [3.63, 3.8) is 0 Å². The maximum Gasteiger partial charge on any atom is 0.261 e. The zero-order valence-corrected chi connectivity index (χ0v) is 35.3. The quantitative estimate of drug-likeness (QED) is 0.102. The van der Waals surface area contributed by atoms with Crippen molar-refractivity contribution in [3.8, 4) is 0 Å². The summed E-state index contributed by atoms with van der Waals surface area (Å²) in [6.45, 7) is 22.2. The average molecular weight is 767 g/mol.